The highest BCUT2D eigenvalue weighted by Crippen LogP contribution is 2.14. The van der Waals surface area contributed by atoms with Crippen LogP contribution in [-0.2, 0) is 14.6 Å². The van der Waals surface area contributed by atoms with Crippen molar-refractivity contribution >= 4 is 16.2 Å². The van der Waals surface area contributed by atoms with Crippen molar-refractivity contribution in [3.05, 3.63) is 0 Å². The monoisotopic (exact) mass is 177 g/mol. The average molecular weight is 177 g/mol. The topological polar surface area (TPSA) is 54.5 Å². The highest BCUT2D eigenvalue weighted by atomic mass is 32.2. The van der Waals surface area contributed by atoms with Crippen LogP contribution in [0.15, 0.2) is 0 Å². The molecule has 0 spiro atoms. The van der Waals surface area contributed by atoms with E-state index in [9.17, 15) is 13.2 Å². The van der Waals surface area contributed by atoms with Gasteiger partial charge in [-0.2, -0.15) is 0 Å². The van der Waals surface area contributed by atoms with Crippen LogP contribution in [0.1, 0.15) is 6.42 Å². The molecule has 1 heterocycles. The molecular formula is C6H11NO3S. The SMILES string of the molecule is CN(C=O)C1CCS(=O)(=O)C1. The third-order valence-corrected chi connectivity index (χ3v) is 3.70. The van der Waals surface area contributed by atoms with Crippen molar-refractivity contribution in [3.8, 4) is 0 Å². The number of sulfone groups is 1. The van der Waals surface area contributed by atoms with Crippen LogP contribution < -0.4 is 0 Å². The molecule has 1 rings (SSSR count). The second-order valence-corrected chi connectivity index (χ2v) is 5.06. The summed E-state index contributed by atoms with van der Waals surface area (Å²) in [5, 5.41) is 0. The van der Waals surface area contributed by atoms with Crippen LogP contribution in [0.3, 0.4) is 0 Å². The maximum atomic E-state index is 10.9. The van der Waals surface area contributed by atoms with Crippen molar-refractivity contribution in [1.29, 1.82) is 0 Å². The van der Waals surface area contributed by atoms with Crippen LogP contribution in [0, 0.1) is 0 Å². The molecule has 1 atom stereocenters. The van der Waals surface area contributed by atoms with Gasteiger partial charge in [0.25, 0.3) is 0 Å². The molecule has 1 saturated heterocycles. The number of rotatable bonds is 2. The predicted molar refractivity (Wildman–Crippen MR) is 40.9 cm³/mol. The molecule has 1 aliphatic rings. The number of carbonyl (C=O) groups excluding carboxylic acids is 1. The summed E-state index contributed by atoms with van der Waals surface area (Å²) in [6, 6.07) is -0.0995. The predicted octanol–water partition coefficient (Wildman–Crippen LogP) is -0.738. The number of hydrogen-bond donors (Lipinski definition) is 0. The molecule has 64 valence electrons. The van der Waals surface area contributed by atoms with Gasteiger partial charge in [-0.15, -0.1) is 0 Å². The Labute approximate surface area is 66.1 Å². The van der Waals surface area contributed by atoms with E-state index in [2.05, 4.69) is 0 Å². The molecule has 5 heteroatoms. The van der Waals surface area contributed by atoms with Gasteiger partial charge in [0.15, 0.2) is 9.84 Å². The van der Waals surface area contributed by atoms with Crippen LogP contribution in [0.4, 0.5) is 0 Å². The molecule has 0 bridgehead atoms. The lowest BCUT2D eigenvalue weighted by molar-refractivity contribution is -0.118. The van der Waals surface area contributed by atoms with E-state index < -0.39 is 9.84 Å². The highest BCUT2D eigenvalue weighted by Gasteiger charge is 2.29. The summed E-state index contributed by atoms with van der Waals surface area (Å²) in [6.07, 6.45) is 1.25. The molecule has 0 radical (unpaired) electrons. The Morgan fingerprint density at radius 1 is 1.55 bits per heavy atom. The minimum Gasteiger partial charge on any atom is -0.344 e. The molecule has 0 saturated carbocycles. The maximum Gasteiger partial charge on any atom is 0.209 e. The first kappa shape index (κ1) is 8.52. The first-order chi connectivity index (χ1) is 5.05. The Bertz CT molecular complexity index is 247. The molecule has 0 aliphatic carbocycles. The van der Waals surface area contributed by atoms with E-state index in [1.807, 2.05) is 0 Å². The molecule has 0 aromatic carbocycles. The van der Waals surface area contributed by atoms with Gasteiger partial charge in [0, 0.05) is 13.1 Å². The number of amides is 1. The molecule has 4 nitrogen and oxygen atoms in total. The summed E-state index contributed by atoms with van der Waals surface area (Å²) in [7, 11) is -1.24. The second-order valence-electron chi connectivity index (χ2n) is 2.83. The molecule has 1 aliphatic heterocycles. The Balaban J connectivity index is 2.61. The van der Waals surface area contributed by atoms with Crippen LogP contribution in [0.2, 0.25) is 0 Å². The van der Waals surface area contributed by atoms with Crippen LogP contribution in [0.25, 0.3) is 0 Å². The summed E-state index contributed by atoms with van der Waals surface area (Å²) in [6.45, 7) is 0. The first-order valence-corrected chi connectivity index (χ1v) is 5.25. The fourth-order valence-electron chi connectivity index (χ4n) is 1.18. The third-order valence-electron chi connectivity index (χ3n) is 1.95. The Morgan fingerprint density at radius 3 is 2.55 bits per heavy atom. The molecule has 1 amide bonds. The van der Waals surface area contributed by atoms with Gasteiger partial charge < -0.3 is 4.90 Å². The lowest BCUT2D eigenvalue weighted by Gasteiger charge is -2.16. The van der Waals surface area contributed by atoms with Crippen molar-refractivity contribution in [1.82, 2.24) is 4.90 Å². The third kappa shape index (κ3) is 1.92. The van der Waals surface area contributed by atoms with E-state index in [1.165, 1.54) is 4.90 Å². The minimum atomic E-state index is -2.85. The second kappa shape index (κ2) is 2.81. The standard InChI is InChI=1S/C6H11NO3S/c1-7(5-8)6-2-3-11(9,10)4-6/h5-6H,2-4H2,1H3. The van der Waals surface area contributed by atoms with Crippen molar-refractivity contribution in [3.63, 3.8) is 0 Å². The Kier molecular flexibility index (Phi) is 2.17. The van der Waals surface area contributed by atoms with Gasteiger partial charge in [0.2, 0.25) is 6.41 Å². The average Bonchev–Trinajstić information content (AvgIpc) is 2.29. The molecule has 1 unspecified atom stereocenters. The lowest BCUT2D eigenvalue weighted by Crippen LogP contribution is -2.31. The zero-order valence-electron chi connectivity index (χ0n) is 6.36. The Morgan fingerprint density at radius 2 is 2.18 bits per heavy atom. The van der Waals surface area contributed by atoms with Gasteiger partial charge in [-0.3, -0.25) is 4.79 Å². The highest BCUT2D eigenvalue weighted by molar-refractivity contribution is 7.91. The van der Waals surface area contributed by atoms with E-state index in [1.54, 1.807) is 7.05 Å². The van der Waals surface area contributed by atoms with Gasteiger partial charge in [-0.1, -0.05) is 0 Å². The molecule has 0 aromatic rings. The van der Waals surface area contributed by atoms with Gasteiger partial charge in [-0.05, 0) is 6.42 Å². The maximum absolute atomic E-state index is 10.9. The molecular weight excluding hydrogens is 166 g/mol. The summed E-state index contributed by atoms with van der Waals surface area (Å²) in [4.78, 5) is 11.7. The van der Waals surface area contributed by atoms with E-state index in [0.29, 0.717) is 12.8 Å². The summed E-state index contributed by atoms with van der Waals surface area (Å²) >= 11 is 0. The summed E-state index contributed by atoms with van der Waals surface area (Å²) < 4.78 is 21.8. The molecule has 0 N–H and O–H groups in total. The van der Waals surface area contributed by atoms with Crippen molar-refractivity contribution in [2.24, 2.45) is 0 Å². The summed E-state index contributed by atoms with van der Waals surface area (Å²) in [5.41, 5.74) is 0. The summed E-state index contributed by atoms with van der Waals surface area (Å²) in [5.74, 6) is 0.345. The molecule has 0 aromatic heterocycles. The fraction of sp³-hybridized carbons (Fsp3) is 0.833. The number of carbonyl (C=O) groups is 1. The number of hydrogen-bond acceptors (Lipinski definition) is 3. The normalized spacial score (nSPS) is 28.3. The van der Waals surface area contributed by atoms with Crippen LogP contribution >= 0.6 is 0 Å². The molecule has 11 heavy (non-hydrogen) atoms. The van der Waals surface area contributed by atoms with Crippen LogP contribution in [0.5, 0.6) is 0 Å². The molecule has 1 fully saturated rings. The van der Waals surface area contributed by atoms with Crippen LogP contribution in [-0.4, -0.2) is 44.3 Å². The first-order valence-electron chi connectivity index (χ1n) is 3.43. The number of nitrogens with zero attached hydrogens (tertiary/aromatic N) is 1. The van der Waals surface area contributed by atoms with Gasteiger partial charge in [0.1, 0.15) is 0 Å². The lowest BCUT2D eigenvalue weighted by atomic mass is 10.2. The van der Waals surface area contributed by atoms with Gasteiger partial charge in [0.05, 0.1) is 11.5 Å². The zero-order chi connectivity index (χ0) is 8.48. The van der Waals surface area contributed by atoms with E-state index >= 15 is 0 Å². The van der Waals surface area contributed by atoms with Gasteiger partial charge >= 0.3 is 0 Å². The van der Waals surface area contributed by atoms with Crippen molar-refractivity contribution < 1.29 is 13.2 Å². The largest absolute Gasteiger partial charge is 0.344 e. The quantitative estimate of drug-likeness (QED) is 0.522. The van der Waals surface area contributed by atoms with Crippen molar-refractivity contribution in [2.45, 2.75) is 12.5 Å². The van der Waals surface area contributed by atoms with E-state index in [4.69, 9.17) is 0 Å². The van der Waals surface area contributed by atoms with E-state index in [-0.39, 0.29) is 17.5 Å². The fourth-order valence-corrected chi connectivity index (χ4v) is 2.97. The van der Waals surface area contributed by atoms with Gasteiger partial charge in [-0.25, -0.2) is 8.42 Å². The van der Waals surface area contributed by atoms with E-state index in [0.717, 1.165) is 0 Å². The smallest absolute Gasteiger partial charge is 0.209 e. The van der Waals surface area contributed by atoms with Crippen molar-refractivity contribution in [2.75, 3.05) is 18.6 Å². The zero-order valence-corrected chi connectivity index (χ0v) is 7.17. The minimum absolute atomic E-state index is 0.0995. The Hall–Kier alpha value is -0.580.